The minimum atomic E-state index is -0.414. The lowest BCUT2D eigenvalue weighted by Gasteiger charge is -2.12. The first-order chi connectivity index (χ1) is 11.5. The zero-order valence-electron chi connectivity index (χ0n) is 13.8. The second kappa shape index (κ2) is 5.06. The molecule has 0 aliphatic carbocycles. The van der Waals surface area contributed by atoms with Gasteiger partial charge in [-0.25, -0.2) is 4.79 Å². The molecule has 0 amide bonds. The van der Waals surface area contributed by atoms with Crippen LogP contribution in [0.1, 0.15) is 25.3 Å². The van der Waals surface area contributed by atoms with E-state index in [2.05, 4.69) is 13.8 Å². The van der Waals surface area contributed by atoms with Crippen LogP contribution >= 0.6 is 0 Å². The molecule has 0 saturated heterocycles. The molecule has 4 heteroatoms. The van der Waals surface area contributed by atoms with Gasteiger partial charge in [-0.3, -0.25) is 4.79 Å². The maximum atomic E-state index is 12.9. The number of rotatable bonds is 1. The fourth-order valence-electron chi connectivity index (χ4n) is 3.27. The van der Waals surface area contributed by atoms with Gasteiger partial charge >= 0.3 is 5.63 Å². The number of aryl methyl sites for hydroxylation is 1. The third-order valence-electron chi connectivity index (χ3n) is 4.65. The second-order valence-corrected chi connectivity index (χ2v) is 6.43. The summed E-state index contributed by atoms with van der Waals surface area (Å²) < 4.78 is 7.21. The summed E-state index contributed by atoms with van der Waals surface area (Å²) >= 11 is 0. The van der Waals surface area contributed by atoms with E-state index < -0.39 is 5.63 Å². The van der Waals surface area contributed by atoms with Crippen molar-refractivity contribution in [1.82, 2.24) is 4.57 Å². The van der Waals surface area contributed by atoms with E-state index in [-0.39, 0.29) is 5.56 Å². The van der Waals surface area contributed by atoms with Crippen molar-refractivity contribution >= 4 is 32.6 Å². The maximum absolute atomic E-state index is 12.9. The minimum Gasteiger partial charge on any atom is -0.421 e. The Hall–Kier alpha value is -2.88. The van der Waals surface area contributed by atoms with Crippen molar-refractivity contribution in [3.8, 4) is 0 Å². The van der Waals surface area contributed by atoms with E-state index in [0.29, 0.717) is 27.7 Å². The first kappa shape index (κ1) is 14.7. The van der Waals surface area contributed by atoms with Crippen LogP contribution in [0.2, 0.25) is 0 Å². The third-order valence-corrected chi connectivity index (χ3v) is 4.65. The molecule has 0 radical (unpaired) electrons. The molecule has 2 heterocycles. The number of pyridine rings is 1. The maximum Gasteiger partial charge on any atom is 0.344 e. The molecule has 4 rings (SSSR count). The molecule has 24 heavy (non-hydrogen) atoms. The van der Waals surface area contributed by atoms with Crippen LogP contribution in [0.5, 0.6) is 0 Å². The molecule has 120 valence electrons. The lowest BCUT2D eigenvalue weighted by atomic mass is 9.99. The highest BCUT2D eigenvalue weighted by molar-refractivity contribution is 6.12. The number of nitrogens with zero attached hydrogens (tertiary/aromatic N) is 1. The molecule has 0 N–H and O–H groups in total. The Morgan fingerprint density at radius 2 is 1.67 bits per heavy atom. The molecule has 0 saturated carbocycles. The number of hydrogen-bond donors (Lipinski definition) is 0. The lowest BCUT2D eigenvalue weighted by molar-refractivity contribution is 0.571. The fourth-order valence-corrected chi connectivity index (χ4v) is 3.27. The van der Waals surface area contributed by atoms with E-state index in [0.717, 1.165) is 16.5 Å². The normalized spacial score (nSPS) is 11.8. The Bertz CT molecular complexity index is 1230. The Morgan fingerprint density at radius 3 is 2.38 bits per heavy atom. The van der Waals surface area contributed by atoms with Crippen molar-refractivity contribution in [2.24, 2.45) is 7.05 Å². The van der Waals surface area contributed by atoms with Crippen LogP contribution in [0.4, 0.5) is 0 Å². The molecule has 0 unspecified atom stereocenters. The molecule has 2 aromatic carbocycles. The molecule has 0 aliphatic rings. The van der Waals surface area contributed by atoms with Gasteiger partial charge in [0.25, 0.3) is 5.56 Å². The predicted octanol–water partition coefficient (Wildman–Crippen LogP) is 3.92. The van der Waals surface area contributed by atoms with Crippen molar-refractivity contribution in [2.45, 2.75) is 19.8 Å². The molecule has 0 atom stereocenters. The SMILES string of the molecule is CC(C)c1ccc2c(c1)c1oc(=O)c3ccccc3c1c(=O)n2C. The predicted molar refractivity (Wildman–Crippen MR) is 96.8 cm³/mol. The molecule has 0 spiro atoms. The molecule has 4 aromatic rings. The van der Waals surface area contributed by atoms with E-state index >= 15 is 0 Å². The molecule has 0 aliphatic heterocycles. The van der Waals surface area contributed by atoms with Gasteiger partial charge in [-0.05, 0) is 29.7 Å². The highest BCUT2D eigenvalue weighted by Gasteiger charge is 2.16. The Balaban J connectivity index is 2.36. The summed E-state index contributed by atoms with van der Waals surface area (Å²) in [6, 6.07) is 13.0. The standard InChI is InChI=1S/C20H17NO3/c1-11(2)12-8-9-16-15(10-12)18-17(19(22)21(16)3)13-6-4-5-7-14(13)20(23)24-18/h4-11H,1-3H3. The average molecular weight is 319 g/mol. The number of benzene rings is 2. The van der Waals surface area contributed by atoms with Gasteiger partial charge in [-0.1, -0.05) is 38.1 Å². The molecular weight excluding hydrogens is 302 g/mol. The first-order valence-corrected chi connectivity index (χ1v) is 7.97. The monoisotopic (exact) mass is 319 g/mol. The largest absolute Gasteiger partial charge is 0.421 e. The average Bonchev–Trinajstić information content (AvgIpc) is 2.59. The minimum absolute atomic E-state index is 0.158. The van der Waals surface area contributed by atoms with Gasteiger partial charge in [-0.2, -0.15) is 0 Å². The van der Waals surface area contributed by atoms with Crippen molar-refractivity contribution in [3.63, 3.8) is 0 Å². The van der Waals surface area contributed by atoms with E-state index in [1.807, 2.05) is 24.3 Å². The van der Waals surface area contributed by atoms with Gasteiger partial charge in [0, 0.05) is 17.8 Å². The molecular formula is C20H17NO3. The third kappa shape index (κ3) is 1.92. The Kier molecular flexibility index (Phi) is 3.10. The van der Waals surface area contributed by atoms with Crippen LogP contribution in [0.3, 0.4) is 0 Å². The van der Waals surface area contributed by atoms with Crippen LogP contribution in [0.25, 0.3) is 32.6 Å². The first-order valence-electron chi connectivity index (χ1n) is 7.97. The van der Waals surface area contributed by atoms with E-state index in [9.17, 15) is 9.59 Å². The number of fused-ring (bicyclic) bond motifs is 5. The second-order valence-electron chi connectivity index (χ2n) is 6.43. The smallest absolute Gasteiger partial charge is 0.344 e. The summed E-state index contributed by atoms with van der Waals surface area (Å²) in [4.78, 5) is 25.3. The van der Waals surface area contributed by atoms with Crippen molar-refractivity contribution in [1.29, 1.82) is 0 Å². The zero-order chi connectivity index (χ0) is 17.0. The zero-order valence-corrected chi connectivity index (χ0v) is 13.8. The summed E-state index contributed by atoms with van der Waals surface area (Å²) in [5.41, 5.74) is 1.70. The lowest BCUT2D eigenvalue weighted by Crippen LogP contribution is -2.19. The van der Waals surface area contributed by atoms with Crippen LogP contribution in [0, 0.1) is 0 Å². The summed E-state index contributed by atoms with van der Waals surface area (Å²) in [7, 11) is 1.75. The molecule has 0 fully saturated rings. The van der Waals surface area contributed by atoms with Gasteiger partial charge in [0.2, 0.25) is 0 Å². The van der Waals surface area contributed by atoms with Crippen molar-refractivity contribution < 1.29 is 4.42 Å². The quantitative estimate of drug-likeness (QED) is 0.500. The van der Waals surface area contributed by atoms with Crippen LogP contribution < -0.4 is 11.2 Å². The highest BCUT2D eigenvalue weighted by Crippen LogP contribution is 2.28. The summed E-state index contributed by atoms with van der Waals surface area (Å²) in [5, 5.41) is 2.32. The van der Waals surface area contributed by atoms with Gasteiger partial charge in [-0.15, -0.1) is 0 Å². The molecule has 0 bridgehead atoms. The van der Waals surface area contributed by atoms with Gasteiger partial charge in [0.05, 0.1) is 16.3 Å². The Labute approximate surface area is 137 Å². The van der Waals surface area contributed by atoms with Crippen molar-refractivity contribution in [2.75, 3.05) is 0 Å². The fraction of sp³-hybridized carbons (Fsp3) is 0.200. The topological polar surface area (TPSA) is 52.2 Å². The number of hydrogen-bond acceptors (Lipinski definition) is 3. The highest BCUT2D eigenvalue weighted by atomic mass is 16.4. The summed E-state index contributed by atoms with van der Waals surface area (Å²) in [5.74, 6) is 0.342. The summed E-state index contributed by atoms with van der Waals surface area (Å²) in [6.45, 7) is 4.22. The van der Waals surface area contributed by atoms with Gasteiger partial charge < -0.3 is 8.98 Å². The summed E-state index contributed by atoms with van der Waals surface area (Å²) in [6.07, 6.45) is 0. The Morgan fingerprint density at radius 1 is 0.958 bits per heavy atom. The van der Waals surface area contributed by atoms with Crippen LogP contribution in [-0.2, 0) is 7.05 Å². The van der Waals surface area contributed by atoms with E-state index in [4.69, 9.17) is 4.42 Å². The van der Waals surface area contributed by atoms with E-state index in [1.165, 1.54) is 0 Å². The van der Waals surface area contributed by atoms with Crippen LogP contribution in [-0.4, -0.2) is 4.57 Å². The van der Waals surface area contributed by atoms with Crippen LogP contribution in [0.15, 0.2) is 56.5 Å². The van der Waals surface area contributed by atoms with E-state index in [1.54, 1.807) is 29.8 Å². The van der Waals surface area contributed by atoms with Gasteiger partial charge in [0.15, 0.2) is 5.58 Å². The number of aromatic nitrogens is 1. The molecule has 2 aromatic heterocycles. The molecule has 4 nitrogen and oxygen atoms in total. The van der Waals surface area contributed by atoms with Gasteiger partial charge in [0.1, 0.15) is 0 Å². The van der Waals surface area contributed by atoms with Crippen molar-refractivity contribution in [3.05, 3.63) is 68.8 Å².